The Morgan fingerprint density at radius 2 is 1.53 bits per heavy atom. The predicted molar refractivity (Wildman–Crippen MR) is 49.9 cm³/mol. The zero-order chi connectivity index (χ0) is 11.4. The third kappa shape index (κ3) is 2.45. The number of hydrogen-bond acceptors (Lipinski definition) is 6. The maximum atomic E-state index is 11.3. The third-order valence-electron chi connectivity index (χ3n) is 2.56. The molecule has 0 aliphatic carbocycles. The fourth-order valence-corrected chi connectivity index (χ4v) is 1.66. The first-order chi connectivity index (χ1) is 7.11. The Labute approximate surface area is 87.5 Å². The lowest BCUT2D eigenvalue weighted by Crippen LogP contribution is -2.53. The van der Waals surface area contributed by atoms with Crippen LogP contribution in [0, 0.1) is 11.8 Å². The smallest absolute Gasteiger partial charge is 0.312 e. The monoisotopic (exact) mass is 217 g/mol. The molecular formula is C9H15NO5. The highest BCUT2D eigenvalue weighted by atomic mass is 16.5. The van der Waals surface area contributed by atoms with E-state index >= 15 is 0 Å². The number of carbonyl (C=O) groups excluding carboxylic acids is 2. The highest BCUT2D eigenvalue weighted by molar-refractivity contribution is 5.78. The average Bonchev–Trinajstić information content (AvgIpc) is 2.27. The van der Waals surface area contributed by atoms with Gasteiger partial charge in [-0.15, -0.1) is 0 Å². The van der Waals surface area contributed by atoms with Crippen LogP contribution in [-0.2, 0) is 19.1 Å². The molecule has 1 aliphatic rings. The molecule has 1 aliphatic heterocycles. The summed E-state index contributed by atoms with van der Waals surface area (Å²) in [5.74, 6) is -2.48. The largest absolute Gasteiger partial charge is 0.469 e. The van der Waals surface area contributed by atoms with Gasteiger partial charge in [-0.3, -0.25) is 9.59 Å². The first kappa shape index (κ1) is 11.9. The molecule has 0 spiro atoms. The van der Waals surface area contributed by atoms with Gasteiger partial charge in [0.2, 0.25) is 0 Å². The normalized spacial score (nSPS) is 30.7. The Hall–Kier alpha value is -1.14. The summed E-state index contributed by atoms with van der Waals surface area (Å²) in [6.07, 6.45) is -1.05. The van der Waals surface area contributed by atoms with Crippen molar-refractivity contribution in [2.75, 3.05) is 27.3 Å². The number of piperidine rings is 1. The van der Waals surface area contributed by atoms with Gasteiger partial charge in [0.25, 0.3) is 0 Å². The Morgan fingerprint density at radius 1 is 1.13 bits per heavy atom. The van der Waals surface area contributed by atoms with Gasteiger partial charge < -0.3 is 19.9 Å². The SMILES string of the molecule is COC(=O)[C@H]1CNC[C@@H](C(=O)OC)[C@H]1O. The zero-order valence-electron chi connectivity index (χ0n) is 8.73. The molecule has 1 fully saturated rings. The number of hydrogen-bond donors (Lipinski definition) is 2. The molecule has 6 heteroatoms. The molecule has 0 unspecified atom stereocenters. The summed E-state index contributed by atoms with van der Waals surface area (Å²) in [6, 6.07) is 0. The molecule has 0 saturated carbocycles. The number of rotatable bonds is 2. The topological polar surface area (TPSA) is 84.9 Å². The summed E-state index contributed by atoms with van der Waals surface area (Å²) in [6.45, 7) is 0.614. The van der Waals surface area contributed by atoms with Gasteiger partial charge in [-0.2, -0.15) is 0 Å². The van der Waals surface area contributed by atoms with Crippen molar-refractivity contribution in [1.29, 1.82) is 0 Å². The van der Waals surface area contributed by atoms with Crippen molar-refractivity contribution in [3.8, 4) is 0 Å². The number of aliphatic hydroxyl groups excluding tert-OH is 1. The van der Waals surface area contributed by atoms with Crippen LogP contribution in [0.5, 0.6) is 0 Å². The minimum atomic E-state index is -1.05. The van der Waals surface area contributed by atoms with Crippen molar-refractivity contribution < 1.29 is 24.2 Å². The molecule has 86 valence electrons. The van der Waals surface area contributed by atoms with E-state index in [0.717, 1.165) is 0 Å². The van der Waals surface area contributed by atoms with Crippen LogP contribution >= 0.6 is 0 Å². The van der Waals surface area contributed by atoms with Crippen LogP contribution in [0.1, 0.15) is 0 Å². The number of ether oxygens (including phenoxy) is 2. The predicted octanol–water partition coefficient (Wildman–Crippen LogP) is -1.47. The summed E-state index contributed by atoms with van der Waals surface area (Å²) in [7, 11) is 2.49. The second-order valence-electron chi connectivity index (χ2n) is 3.41. The van der Waals surface area contributed by atoms with Gasteiger partial charge in [0.1, 0.15) is 0 Å². The summed E-state index contributed by atoms with van der Waals surface area (Å²) in [5.41, 5.74) is 0. The molecule has 1 rings (SSSR count). The molecule has 0 aromatic rings. The Bertz CT molecular complexity index is 231. The van der Waals surface area contributed by atoms with Crippen molar-refractivity contribution in [2.45, 2.75) is 6.10 Å². The molecule has 0 aromatic carbocycles. The number of aliphatic hydroxyl groups is 1. The fourth-order valence-electron chi connectivity index (χ4n) is 1.66. The first-order valence-corrected chi connectivity index (χ1v) is 4.66. The van der Waals surface area contributed by atoms with Gasteiger partial charge in [0.15, 0.2) is 0 Å². The van der Waals surface area contributed by atoms with E-state index in [2.05, 4.69) is 14.8 Å². The van der Waals surface area contributed by atoms with Gasteiger partial charge in [-0.25, -0.2) is 0 Å². The number of nitrogens with one attached hydrogen (secondary N) is 1. The Kier molecular flexibility index (Phi) is 4.05. The van der Waals surface area contributed by atoms with Gasteiger partial charge in [-0.1, -0.05) is 0 Å². The lowest BCUT2D eigenvalue weighted by atomic mass is 9.87. The summed E-state index contributed by atoms with van der Waals surface area (Å²) >= 11 is 0. The maximum Gasteiger partial charge on any atom is 0.312 e. The van der Waals surface area contributed by atoms with Crippen molar-refractivity contribution >= 4 is 11.9 Å². The lowest BCUT2D eigenvalue weighted by Gasteiger charge is -2.31. The van der Waals surface area contributed by atoms with Gasteiger partial charge in [-0.05, 0) is 0 Å². The van der Waals surface area contributed by atoms with E-state index in [9.17, 15) is 14.7 Å². The van der Waals surface area contributed by atoms with E-state index in [4.69, 9.17) is 0 Å². The van der Waals surface area contributed by atoms with E-state index in [1.807, 2.05) is 0 Å². The number of carbonyl (C=O) groups is 2. The van der Waals surface area contributed by atoms with Gasteiger partial charge in [0.05, 0.1) is 32.2 Å². The van der Waals surface area contributed by atoms with Crippen LogP contribution in [0.2, 0.25) is 0 Å². The standard InChI is InChI=1S/C9H15NO5/c1-14-8(12)5-3-10-4-6(7(5)11)9(13)15-2/h5-7,10-11H,3-4H2,1-2H3/t5-,6+,7-. The fraction of sp³-hybridized carbons (Fsp3) is 0.778. The van der Waals surface area contributed by atoms with E-state index in [0.29, 0.717) is 13.1 Å². The Balaban J connectivity index is 2.70. The highest BCUT2D eigenvalue weighted by Gasteiger charge is 2.41. The average molecular weight is 217 g/mol. The molecule has 2 N–H and O–H groups in total. The van der Waals surface area contributed by atoms with E-state index < -0.39 is 29.9 Å². The summed E-state index contributed by atoms with van der Waals surface area (Å²) in [5, 5.41) is 12.7. The minimum absolute atomic E-state index is 0.307. The molecule has 3 atom stereocenters. The molecule has 0 aromatic heterocycles. The maximum absolute atomic E-state index is 11.3. The van der Waals surface area contributed by atoms with Crippen LogP contribution in [0.25, 0.3) is 0 Å². The zero-order valence-corrected chi connectivity index (χ0v) is 8.73. The molecule has 0 bridgehead atoms. The van der Waals surface area contributed by atoms with Crippen molar-refractivity contribution in [1.82, 2.24) is 5.32 Å². The van der Waals surface area contributed by atoms with Crippen LogP contribution in [0.3, 0.4) is 0 Å². The molecule has 1 heterocycles. The lowest BCUT2D eigenvalue weighted by molar-refractivity contribution is -0.160. The van der Waals surface area contributed by atoms with E-state index in [-0.39, 0.29) is 0 Å². The quantitative estimate of drug-likeness (QED) is 0.549. The highest BCUT2D eigenvalue weighted by Crippen LogP contribution is 2.19. The first-order valence-electron chi connectivity index (χ1n) is 4.66. The third-order valence-corrected chi connectivity index (χ3v) is 2.56. The molecule has 6 nitrogen and oxygen atoms in total. The number of methoxy groups -OCH3 is 2. The van der Waals surface area contributed by atoms with Crippen molar-refractivity contribution in [3.05, 3.63) is 0 Å². The van der Waals surface area contributed by atoms with Crippen LogP contribution in [-0.4, -0.2) is 50.5 Å². The molecular weight excluding hydrogens is 202 g/mol. The van der Waals surface area contributed by atoms with Crippen LogP contribution < -0.4 is 5.32 Å². The Morgan fingerprint density at radius 3 is 1.87 bits per heavy atom. The second kappa shape index (κ2) is 5.09. The molecule has 0 amide bonds. The number of esters is 2. The summed E-state index contributed by atoms with van der Waals surface area (Å²) in [4.78, 5) is 22.5. The van der Waals surface area contributed by atoms with E-state index in [1.54, 1.807) is 0 Å². The van der Waals surface area contributed by atoms with Crippen LogP contribution in [0.4, 0.5) is 0 Å². The molecule has 1 saturated heterocycles. The minimum Gasteiger partial charge on any atom is -0.469 e. The summed E-state index contributed by atoms with van der Waals surface area (Å²) < 4.78 is 9.06. The second-order valence-corrected chi connectivity index (χ2v) is 3.41. The molecule has 15 heavy (non-hydrogen) atoms. The van der Waals surface area contributed by atoms with Crippen molar-refractivity contribution in [3.63, 3.8) is 0 Å². The van der Waals surface area contributed by atoms with Gasteiger partial charge >= 0.3 is 11.9 Å². The van der Waals surface area contributed by atoms with Crippen LogP contribution in [0.15, 0.2) is 0 Å². The van der Waals surface area contributed by atoms with Crippen molar-refractivity contribution in [2.24, 2.45) is 11.8 Å². The van der Waals surface area contributed by atoms with Gasteiger partial charge in [0, 0.05) is 13.1 Å². The van der Waals surface area contributed by atoms with E-state index in [1.165, 1.54) is 14.2 Å². The molecule has 0 radical (unpaired) electrons.